The van der Waals surface area contributed by atoms with Gasteiger partial charge in [0.05, 0.1) is 0 Å². The Bertz CT molecular complexity index is 563. The minimum absolute atomic E-state index is 0.629. The van der Waals surface area contributed by atoms with Crippen molar-refractivity contribution in [1.82, 2.24) is 5.32 Å². The van der Waals surface area contributed by atoms with Gasteiger partial charge < -0.3 is 5.32 Å². The average Bonchev–Trinajstić information content (AvgIpc) is 2.63. The predicted octanol–water partition coefficient (Wildman–Crippen LogP) is 7.85. The molecule has 0 atom stereocenters. The highest BCUT2D eigenvalue weighted by Crippen LogP contribution is 2.31. The van der Waals surface area contributed by atoms with Crippen LogP contribution in [0, 0.1) is 11.8 Å². The average molecular weight is 356 g/mol. The SMILES string of the molecule is C=C(N/C(C)=C/C(=C/C/C(C)=C/C)C(=C\CC)/CC)C1CCC(C)CC1. The predicted molar refractivity (Wildman–Crippen MR) is 118 cm³/mol. The first kappa shape index (κ1) is 22.5. The van der Waals surface area contributed by atoms with Crippen molar-refractivity contribution in [2.75, 3.05) is 0 Å². The van der Waals surface area contributed by atoms with Crippen molar-refractivity contribution in [2.45, 2.75) is 86.5 Å². The maximum absolute atomic E-state index is 4.34. The van der Waals surface area contributed by atoms with Gasteiger partial charge in [-0.25, -0.2) is 0 Å². The van der Waals surface area contributed by atoms with E-state index in [0.717, 1.165) is 25.2 Å². The van der Waals surface area contributed by atoms with Crippen LogP contribution in [0.1, 0.15) is 86.5 Å². The number of hydrogen-bond donors (Lipinski definition) is 1. The Balaban J connectivity index is 2.88. The third-order valence-corrected chi connectivity index (χ3v) is 5.58. The molecule has 1 rings (SSSR count). The fourth-order valence-electron chi connectivity index (χ4n) is 3.62. The molecule has 0 amide bonds. The van der Waals surface area contributed by atoms with Gasteiger partial charge in [-0.1, -0.05) is 64.0 Å². The summed E-state index contributed by atoms with van der Waals surface area (Å²) >= 11 is 0. The second kappa shape index (κ2) is 12.0. The Morgan fingerprint density at radius 1 is 1.08 bits per heavy atom. The van der Waals surface area contributed by atoms with E-state index < -0.39 is 0 Å². The molecule has 146 valence electrons. The molecule has 1 saturated carbocycles. The van der Waals surface area contributed by atoms with E-state index in [4.69, 9.17) is 0 Å². The van der Waals surface area contributed by atoms with Crippen LogP contribution < -0.4 is 5.32 Å². The lowest BCUT2D eigenvalue weighted by atomic mass is 9.81. The molecule has 1 nitrogen and oxygen atoms in total. The molecule has 0 spiro atoms. The highest BCUT2D eigenvalue weighted by Gasteiger charge is 2.20. The van der Waals surface area contributed by atoms with Gasteiger partial charge in [0.1, 0.15) is 0 Å². The van der Waals surface area contributed by atoms with Crippen LogP contribution in [0.4, 0.5) is 0 Å². The lowest BCUT2D eigenvalue weighted by Gasteiger charge is -2.28. The summed E-state index contributed by atoms with van der Waals surface area (Å²) in [4.78, 5) is 0. The molecule has 0 saturated heterocycles. The van der Waals surface area contributed by atoms with Gasteiger partial charge >= 0.3 is 0 Å². The topological polar surface area (TPSA) is 12.0 Å². The summed E-state index contributed by atoms with van der Waals surface area (Å²) in [5, 5.41) is 3.60. The normalized spacial score (nSPS) is 23.2. The van der Waals surface area contributed by atoms with E-state index in [1.165, 1.54) is 53.8 Å². The fourth-order valence-corrected chi connectivity index (χ4v) is 3.62. The molecular weight excluding hydrogens is 314 g/mol. The number of nitrogens with one attached hydrogen (secondary N) is 1. The molecule has 1 N–H and O–H groups in total. The van der Waals surface area contributed by atoms with Gasteiger partial charge in [0.25, 0.3) is 0 Å². The summed E-state index contributed by atoms with van der Waals surface area (Å²) in [6, 6.07) is 0. The molecule has 1 aliphatic rings. The molecule has 0 heterocycles. The fraction of sp³-hybridized carbons (Fsp3) is 0.600. The van der Waals surface area contributed by atoms with Crippen molar-refractivity contribution in [3.05, 3.63) is 59.0 Å². The number of rotatable bonds is 9. The Kier molecular flexibility index (Phi) is 10.4. The lowest BCUT2D eigenvalue weighted by Crippen LogP contribution is -2.22. The van der Waals surface area contributed by atoms with E-state index in [1.807, 2.05) is 0 Å². The number of allylic oxidation sites excluding steroid dienone is 9. The van der Waals surface area contributed by atoms with Crippen LogP contribution in [0.25, 0.3) is 0 Å². The molecule has 0 aromatic rings. The minimum atomic E-state index is 0.629. The van der Waals surface area contributed by atoms with Crippen LogP contribution in [0.5, 0.6) is 0 Å². The summed E-state index contributed by atoms with van der Waals surface area (Å²) in [5.41, 5.74) is 6.61. The lowest BCUT2D eigenvalue weighted by molar-refractivity contribution is 0.314. The van der Waals surface area contributed by atoms with E-state index in [9.17, 15) is 0 Å². The largest absolute Gasteiger partial charge is 0.363 e. The molecule has 0 aromatic carbocycles. The Morgan fingerprint density at radius 2 is 1.73 bits per heavy atom. The van der Waals surface area contributed by atoms with Gasteiger partial charge in [0.15, 0.2) is 0 Å². The van der Waals surface area contributed by atoms with E-state index in [0.29, 0.717) is 5.92 Å². The molecule has 0 aliphatic heterocycles. The second-order valence-corrected chi connectivity index (χ2v) is 7.92. The van der Waals surface area contributed by atoms with Crippen molar-refractivity contribution >= 4 is 0 Å². The van der Waals surface area contributed by atoms with E-state index >= 15 is 0 Å². The third-order valence-electron chi connectivity index (χ3n) is 5.58. The molecule has 26 heavy (non-hydrogen) atoms. The Morgan fingerprint density at radius 3 is 2.27 bits per heavy atom. The first-order chi connectivity index (χ1) is 12.4. The van der Waals surface area contributed by atoms with Gasteiger partial charge in [-0.3, -0.25) is 0 Å². The summed E-state index contributed by atoms with van der Waals surface area (Å²) in [7, 11) is 0. The monoisotopic (exact) mass is 355 g/mol. The quantitative estimate of drug-likeness (QED) is 0.328. The second-order valence-electron chi connectivity index (χ2n) is 7.92. The molecular formula is C25H41N. The highest BCUT2D eigenvalue weighted by atomic mass is 14.9. The minimum Gasteiger partial charge on any atom is -0.363 e. The van der Waals surface area contributed by atoms with Crippen molar-refractivity contribution < 1.29 is 0 Å². The highest BCUT2D eigenvalue weighted by molar-refractivity contribution is 5.42. The zero-order chi connectivity index (χ0) is 19.5. The molecule has 0 bridgehead atoms. The molecule has 0 unspecified atom stereocenters. The Hall–Kier alpha value is -1.50. The van der Waals surface area contributed by atoms with Crippen molar-refractivity contribution in [2.24, 2.45) is 11.8 Å². The number of hydrogen-bond acceptors (Lipinski definition) is 1. The molecule has 1 aliphatic carbocycles. The smallest absolute Gasteiger partial charge is 0.0123 e. The van der Waals surface area contributed by atoms with E-state index in [1.54, 1.807) is 0 Å². The van der Waals surface area contributed by atoms with Crippen LogP contribution in [-0.2, 0) is 0 Å². The van der Waals surface area contributed by atoms with Gasteiger partial charge in [0.2, 0.25) is 0 Å². The first-order valence-corrected chi connectivity index (χ1v) is 10.6. The van der Waals surface area contributed by atoms with Gasteiger partial charge in [-0.05, 0) is 81.9 Å². The summed E-state index contributed by atoms with van der Waals surface area (Å²) in [6.45, 7) is 17.7. The van der Waals surface area contributed by atoms with E-state index in [-0.39, 0.29) is 0 Å². The maximum atomic E-state index is 4.34. The third kappa shape index (κ3) is 7.81. The molecule has 0 aromatic heterocycles. The molecule has 1 heteroatoms. The zero-order valence-corrected chi connectivity index (χ0v) is 18.1. The molecule has 0 radical (unpaired) electrons. The van der Waals surface area contributed by atoms with Crippen molar-refractivity contribution in [3.63, 3.8) is 0 Å². The maximum Gasteiger partial charge on any atom is 0.0123 e. The van der Waals surface area contributed by atoms with Gasteiger partial charge in [0, 0.05) is 11.4 Å². The first-order valence-electron chi connectivity index (χ1n) is 10.6. The van der Waals surface area contributed by atoms with Crippen molar-refractivity contribution in [1.29, 1.82) is 0 Å². The molecule has 1 fully saturated rings. The van der Waals surface area contributed by atoms with Gasteiger partial charge in [-0.15, -0.1) is 0 Å². The van der Waals surface area contributed by atoms with Crippen LogP contribution >= 0.6 is 0 Å². The Labute approximate surface area is 163 Å². The van der Waals surface area contributed by atoms with Crippen LogP contribution in [0.3, 0.4) is 0 Å². The van der Waals surface area contributed by atoms with Crippen LogP contribution in [0.15, 0.2) is 59.0 Å². The van der Waals surface area contributed by atoms with E-state index in [2.05, 4.69) is 77.7 Å². The standard InChI is InChI=1S/C25H41N/c1-8-11-23(10-3)25(17-12-19(4)9-2)18-21(6)26-22(7)24-15-13-20(5)14-16-24/h9,11,17-18,20,24,26H,7-8,10,12-16H2,1-6H3/b19-9+,21-18+,23-11-,25-17-. The summed E-state index contributed by atoms with van der Waals surface area (Å²) in [6.07, 6.45) is 17.6. The summed E-state index contributed by atoms with van der Waals surface area (Å²) in [5.74, 6) is 1.51. The van der Waals surface area contributed by atoms with Crippen molar-refractivity contribution in [3.8, 4) is 0 Å². The summed E-state index contributed by atoms with van der Waals surface area (Å²) < 4.78 is 0. The van der Waals surface area contributed by atoms with Crippen LogP contribution in [0.2, 0.25) is 0 Å². The zero-order valence-electron chi connectivity index (χ0n) is 18.1. The van der Waals surface area contributed by atoms with Crippen LogP contribution in [-0.4, -0.2) is 0 Å². The van der Waals surface area contributed by atoms with Gasteiger partial charge in [-0.2, -0.15) is 0 Å².